The average Bonchev–Trinajstić information content (AvgIpc) is 3.24. The van der Waals surface area contributed by atoms with Crippen molar-refractivity contribution in [2.45, 2.75) is 75.8 Å². The SMILES string of the molecule is CN(C)C(=O)C1CCC(N2c3nc(NC4CCC(O)CC4)ncc3NC2Nc2ccc(F)cc2F)CC1. The Kier molecular flexibility index (Phi) is 7.32. The lowest BCUT2D eigenvalue weighted by Crippen LogP contribution is -2.50. The van der Waals surface area contributed by atoms with E-state index in [2.05, 4.69) is 25.8 Å². The van der Waals surface area contributed by atoms with E-state index in [1.807, 2.05) is 0 Å². The maximum atomic E-state index is 14.5. The first kappa shape index (κ1) is 25.4. The minimum Gasteiger partial charge on any atom is -0.393 e. The summed E-state index contributed by atoms with van der Waals surface area (Å²) in [6.07, 6.45) is 7.23. The zero-order valence-corrected chi connectivity index (χ0v) is 21.3. The maximum Gasteiger partial charge on any atom is 0.225 e. The Hall–Kier alpha value is -3.21. The van der Waals surface area contributed by atoms with Crippen molar-refractivity contribution >= 4 is 29.0 Å². The van der Waals surface area contributed by atoms with E-state index >= 15 is 0 Å². The van der Waals surface area contributed by atoms with E-state index in [1.54, 1.807) is 25.2 Å². The van der Waals surface area contributed by atoms with E-state index in [0.29, 0.717) is 11.8 Å². The predicted molar refractivity (Wildman–Crippen MR) is 138 cm³/mol. The van der Waals surface area contributed by atoms with Gasteiger partial charge in [-0.2, -0.15) is 4.98 Å². The van der Waals surface area contributed by atoms with Crippen LogP contribution in [-0.2, 0) is 4.79 Å². The summed E-state index contributed by atoms with van der Waals surface area (Å²) in [6, 6.07) is 3.72. The van der Waals surface area contributed by atoms with Crippen LogP contribution in [0, 0.1) is 17.6 Å². The standard InChI is InChI=1S/C26H35F2N7O2/c1-34(2)24(37)15-3-8-18(9-4-15)35-23-22(32-26(35)31-21-12-5-16(27)13-20(21)28)14-29-25(33-23)30-17-6-10-19(36)11-7-17/h5,12-15,17-19,26,31-32,36H,3-4,6-11H2,1-2H3,(H,29,30,33). The molecule has 9 nitrogen and oxygen atoms in total. The summed E-state index contributed by atoms with van der Waals surface area (Å²) < 4.78 is 28.0. The first-order chi connectivity index (χ1) is 17.8. The van der Waals surface area contributed by atoms with Crippen molar-refractivity contribution in [1.82, 2.24) is 14.9 Å². The molecule has 2 heterocycles. The number of amides is 1. The molecule has 37 heavy (non-hydrogen) atoms. The number of hydrogen-bond donors (Lipinski definition) is 4. The molecule has 1 aromatic heterocycles. The number of halogens is 2. The van der Waals surface area contributed by atoms with Crippen molar-refractivity contribution in [2.24, 2.45) is 5.92 Å². The zero-order valence-electron chi connectivity index (χ0n) is 21.3. The fourth-order valence-corrected chi connectivity index (χ4v) is 5.69. The molecule has 1 aliphatic heterocycles. The van der Waals surface area contributed by atoms with Crippen molar-refractivity contribution in [3.8, 4) is 0 Å². The third-order valence-electron chi connectivity index (χ3n) is 7.72. The van der Waals surface area contributed by atoms with Crippen molar-refractivity contribution in [3.63, 3.8) is 0 Å². The number of anilines is 4. The number of hydrogen-bond acceptors (Lipinski definition) is 8. The Balaban J connectivity index is 1.38. The number of nitrogens with one attached hydrogen (secondary N) is 3. The van der Waals surface area contributed by atoms with Gasteiger partial charge in [0.15, 0.2) is 12.1 Å². The highest BCUT2D eigenvalue weighted by atomic mass is 19.1. The minimum atomic E-state index is -0.675. The molecule has 0 radical (unpaired) electrons. The van der Waals surface area contributed by atoms with E-state index in [9.17, 15) is 18.7 Å². The van der Waals surface area contributed by atoms with Crippen molar-refractivity contribution in [1.29, 1.82) is 0 Å². The Bertz CT molecular complexity index is 1120. The summed E-state index contributed by atoms with van der Waals surface area (Å²) in [7, 11) is 3.56. The Morgan fingerprint density at radius 1 is 1.08 bits per heavy atom. The van der Waals surface area contributed by atoms with Gasteiger partial charge in [0.2, 0.25) is 11.9 Å². The van der Waals surface area contributed by atoms with Crippen LogP contribution < -0.4 is 20.9 Å². The quantitative estimate of drug-likeness (QED) is 0.461. The van der Waals surface area contributed by atoms with Gasteiger partial charge in [-0.15, -0.1) is 0 Å². The Labute approximate surface area is 215 Å². The summed E-state index contributed by atoms with van der Waals surface area (Å²) in [5, 5.41) is 19.7. The van der Waals surface area contributed by atoms with Gasteiger partial charge < -0.3 is 30.9 Å². The molecule has 1 unspecified atom stereocenters. The fraction of sp³-hybridized carbons (Fsp3) is 0.577. The molecular formula is C26H35F2N7O2. The largest absolute Gasteiger partial charge is 0.393 e. The van der Waals surface area contributed by atoms with Crippen LogP contribution in [0.15, 0.2) is 24.4 Å². The van der Waals surface area contributed by atoms with Crippen LogP contribution in [-0.4, -0.2) is 64.5 Å². The summed E-state index contributed by atoms with van der Waals surface area (Å²) in [6.45, 7) is 0. The molecule has 11 heteroatoms. The van der Waals surface area contributed by atoms with Crippen molar-refractivity contribution in [3.05, 3.63) is 36.0 Å². The molecule has 0 bridgehead atoms. The van der Waals surface area contributed by atoms with Crippen LogP contribution in [0.2, 0.25) is 0 Å². The van der Waals surface area contributed by atoms with E-state index in [0.717, 1.165) is 63.1 Å². The molecule has 4 N–H and O–H groups in total. The van der Waals surface area contributed by atoms with Gasteiger partial charge in [-0.25, -0.2) is 13.8 Å². The number of nitrogens with zero attached hydrogens (tertiary/aromatic N) is 4. The fourth-order valence-electron chi connectivity index (χ4n) is 5.69. The third-order valence-corrected chi connectivity index (χ3v) is 7.72. The highest BCUT2D eigenvalue weighted by Crippen LogP contribution is 2.40. The number of aromatic nitrogens is 2. The normalized spacial score (nSPS) is 27.3. The van der Waals surface area contributed by atoms with Gasteiger partial charge in [-0.1, -0.05) is 0 Å². The molecule has 2 aromatic rings. The van der Waals surface area contributed by atoms with E-state index in [-0.39, 0.29) is 35.7 Å². The summed E-state index contributed by atoms with van der Waals surface area (Å²) in [4.78, 5) is 25.6. The third kappa shape index (κ3) is 5.56. The molecule has 2 aliphatic carbocycles. The minimum absolute atomic E-state index is 0.00786. The summed E-state index contributed by atoms with van der Waals surface area (Å²) >= 11 is 0. The number of benzene rings is 1. The van der Waals surface area contributed by atoms with Gasteiger partial charge in [0, 0.05) is 38.2 Å². The van der Waals surface area contributed by atoms with Gasteiger partial charge in [0.1, 0.15) is 11.6 Å². The Morgan fingerprint density at radius 2 is 1.81 bits per heavy atom. The maximum absolute atomic E-state index is 14.5. The molecule has 1 amide bonds. The van der Waals surface area contributed by atoms with Crippen LogP contribution in [0.25, 0.3) is 0 Å². The second kappa shape index (κ2) is 10.6. The zero-order chi connectivity index (χ0) is 26.1. The van der Waals surface area contributed by atoms with Crippen molar-refractivity contribution < 1.29 is 18.7 Å². The van der Waals surface area contributed by atoms with Gasteiger partial charge in [-0.3, -0.25) is 4.79 Å². The van der Waals surface area contributed by atoms with Gasteiger partial charge in [-0.05, 0) is 63.5 Å². The molecule has 2 saturated carbocycles. The molecule has 1 aromatic carbocycles. The van der Waals surface area contributed by atoms with Crippen LogP contribution in [0.3, 0.4) is 0 Å². The van der Waals surface area contributed by atoms with Gasteiger partial charge >= 0.3 is 0 Å². The number of fused-ring (bicyclic) bond motifs is 1. The van der Waals surface area contributed by atoms with E-state index in [4.69, 9.17) is 4.98 Å². The first-order valence-electron chi connectivity index (χ1n) is 13.1. The van der Waals surface area contributed by atoms with Crippen LogP contribution in [0.4, 0.5) is 31.9 Å². The monoisotopic (exact) mass is 515 g/mol. The number of aliphatic hydroxyl groups excluding tert-OH is 1. The molecule has 0 saturated heterocycles. The topological polar surface area (TPSA) is 106 Å². The van der Waals surface area contributed by atoms with Crippen LogP contribution >= 0.6 is 0 Å². The highest BCUT2D eigenvalue weighted by Gasteiger charge is 2.39. The molecule has 5 rings (SSSR count). The Morgan fingerprint density at radius 3 is 2.49 bits per heavy atom. The predicted octanol–water partition coefficient (Wildman–Crippen LogP) is 3.74. The van der Waals surface area contributed by atoms with E-state index < -0.39 is 17.9 Å². The van der Waals surface area contributed by atoms with Crippen molar-refractivity contribution in [2.75, 3.05) is 34.9 Å². The van der Waals surface area contributed by atoms with E-state index in [1.165, 1.54) is 12.1 Å². The highest BCUT2D eigenvalue weighted by molar-refractivity contribution is 5.78. The van der Waals surface area contributed by atoms with Gasteiger partial charge in [0.25, 0.3) is 0 Å². The lowest BCUT2D eigenvalue weighted by Gasteiger charge is -2.39. The smallest absolute Gasteiger partial charge is 0.225 e. The number of aliphatic hydroxyl groups is 1. The van der Waals surface area contributed by atoms with Crippen LogP contribution in [0.1, 0.15) is 51.4 Å². The number of carbonyl (C=O) groups excluding carboxylic acids is 1. The average molecular weight is 516 g/mol. The molecule has 3 aliphatic rings. The lowest BCUT2D eigenvalue weighted by molar-refractivity contribution is -0.134. The van der Waals surface area contributed by atoms with Gasteiger partial charge in [0.05, 0.1) is 23.7 Å². The molecule has 2 fully saturated rings. The second-order valence-electron chi connectivity index (χ2n) is 10.5. The number of rotatable bonds is 6. The first-order valence-corrected chi connectivity index (χ1v) is 13.1. The molecular weight excluding hydrogens is 480 g/mol. The molecule has 0 spiro atoms. The summed E-state index contributed by atoms with van der Waals surface area (Å²) in [5.41, 5.74) is 0.899. The molecule has 1 atom stereocenters. The lowest BCUT2D eigenvalue weighted by atomic mass is 9.84. The summed E-state index contributed by atoms with van der Waals surface area (Å²) in [5.74, 6) is 0.0429. The number of carbonyl (C=O) groups is 1. The second-order valence-corrected chi connectivity index (χ2v) is 10.5. The van der Waals surface area contributed by atoms with Crippen LogP contribution in [0.5, 0.6) is 0 Å². The molecule has 200 valence electrons.